The van der Waals surface area contributed by atoms with Crippen LogP contribution in [0.25, 0.3) is 21.8 Å². The second kappa shape index (κ2) is 8.74. The molecule has 2 heterocycles. The second-order valence-corrected chi connectivity index (χ2v) is 7.54. The van der Waals surface area contributed by atoms with E-state index in [1.165, 1.54) is 4.68 Å². The van der Waals surface area contributed by atoms with E-state index in [2.05, 4.69) is 10.4 Å². The van der Waals surface area contributed by atoms with Gasteiger partial charge in [0, 0.05) is 29.9 Å². The normalized spacial score (nSPS) is 12.1. The molecular weight excluding hydrogens is 408 g/mol. The molecule has 1 N–H and O–H groups in total. The molecule has 0 bridgehead atoms. The van der Waals surface area contributed by atoms with Crippen LogP contribution in [-0.4, -0.2) is 34.5 Å². The third-order valence-corrected chi connectivity index (χ3v) is 5.75. The number of carbonyl (C=O) groups excluding carboxylic acids is 1. The predicted octanol–water partition coefficient (Wildman–Crippen LogP) is 3.17. The molecule has 1 unspecified atom stereocenters. The highest BCUT2D eigenvalue weighted by Crippen LogP contribution is 2.31. The highest BCUT2D eigenvalue weighted by atomic mass is 16.5. The Bertz CT molecular complexity index is 1360. The predicted molar refractivity (Wildman–Crippen MR) is 123 cm³/mol. The number of hydrogen-bond acceptors (Lipinski definition) is 5. The highest BCUT2D eigenvalue weighted by molar-refractivity contribution is 6.08. The first-order valence-corrected chi connectivity index (χ1v) is 10.4. The average molecular weight is 434 g/mol. The zero-order chi connectivity index (χ0) is 22.8. The minimum Gasteiger partial charge on any atom is -0.497 e. The number of methoxy groups -OCH3 is 2. The van der Waals surface area contributed by atoms with Gasteiger partial charge >= 0.3 is 0 Å². The molecule has 4 aromatic rings. The van der Waals surface area contributed by atoms with Crippen LogP contribution in [0.4, 0.5) is 0 Å². The minimum absolute atomic E-state index is 0.182. The van der Waals surface area contributed by atoms with Gasteiger partial charge in [-0.15, -0.1) is 0 Å². The molecule has 0 spiro atoms. The van der Waals surface area contributed by atoms with Crippen molar-refractivity contribution in [2.75, 3.05) is 14.2 Å². The number of aryl methyl sites for hydroxylation is 1. The summed E-state index contributed by atoms with van der Waals surface area (Å²) >= 11 is 0. The van der Waals surface area contributed by atoms with E-state index in [0.717, 1.165) is 21.9 Å². The number of hydrogen-bond donors (Lipinski definition) is 1. The van der Waals surface area contributed by atoms with Crippen molar-refractivity contribution in [3.8, 4) is 11.5 Å². The summed E-state index contributed by atoms with van der Waals surface area (Å²) < 4.78 is 13.8. The lowest BCUT2D eigenvalue weighted by molar-refractivity contribution is -0.124. The molecule has 4 rings (SSSR count). The summed E-state index contributed by atoms with van der Waals surface area (Å²) in [6.07, 6.45) is 2.20. The maximum atomic E-state index is 13.4. The van der Waals surface area contributed by atoms with Gasteiger partial charge in [-0.1, -0.05) is 25.1 Å². The van der Waals surface area contributed by atoms with E-state index in [9.17, 15) is 9.59 Å². The van der Waals surface area contributed by atoms with Crippen molar-refractivity contribution < 1.29 is 14.3 Å². The molecule has 0 saturated carbocycles. The zero-order valence-corrected chi connectivity index (χ0v) is 18.6. The van der Waals surface area contributed by atoms with E-state index in [4.69, 9.17) is 9.47 Å². The van der Waals surface area contributed by atoms with Crippen LogP contribution in [0.1, 0.15) is 24.9 Å². The molecule has 166 valence electrons. The highest BCUT2D eigenvalue weighted by Gasteiger charge is 2.25. The fourth-order valence-corrected chi connectivity index (χ4v) is 4.12. The third-order valence-electron chi connectivity index (χ3n) is 5.75. The van der Waals surface area contributed by atoms with Gasteiger partial charge in [0.2, 0.25) is 5.91 Å². The van der Waals surface area contributed by atoms with Gasteiger partial charge < -0.3 is 19.4 Å². The molecule has 2 aromatic heterocycles. The van der Waals surface area contributed by atoms with Crippen LogP contribution in [0.2, 0.25) is 0 Å². The van der Waals surface area contributed by atoms with Gasteiger partial charge in [-0.3, -0.25) is 9.59 Å². The van der Waals surface area contributed by atoms with Gasteiger partial charge in [0.15, 0.2) is 0 Å². The van der Waals surface area contributed by atoms with Crippen LogP contribution in [0, 0.1) is 0 Å². The number of para-hydroxylation sites is 1. The molecule has 8 heteroatoms. The summed E-state index contributed by atoms with van der Waals surface area (Å²) in [5.74, 6) is 1.16. The van der Waals surface area contributed by atoms with Gasteiger partial charge in [-0.05, 0) is 30.7 Å². The quantitative estimate of drug-likeness (QED) is 0.483. The van der Waals surface area contributed by atoms with E-state index in [1.807, 2.05) is 41.8 Å². The molecule has 0 saturated heterocycles. The summed E-state index contributed by atoms with van der Waals surface area (Å²) in [6, 6.07) is 12.6. The van der Waals surface area contributed by atoms with Crippen LogP contribution in [0.3, 0.4) is 0 Å². The number of benzene rings is 2. The Morgan fingerprint density at radius 3 is 2.62 bits per heavy atom. The molecule has 0 fully saturated rings. The van der Waals surface area contributed by atoms with Crippen molar-refractivity contribution in [3.63, 3.8) is 0 Å². The van der Waals surface area contributed by atoms with Crippen molar-refractivity contribution in [2.45, 2.75) is 25.9 Å². The van der Waals surface area contributed by atoms with Gasteiger partial charge in [0.25, 0.3) is 5.56 Å². The Kier molecular flexibility index (Phi) is 5.85. The Morgan fingerprint density at radius 2 is 1.91 bits per heavy atom. The molecule has 0 aliphatic heterocycles. The number of amides is 1. The molecule has 0 aliphatic carbocycles. The van der Waals surface area contributed by atoms with Crippen LogP contribution in [-0.2, 0) is 18.4 Å². The van der Waals surface area contributed by atoms with Gasteiger partial charge in [0.1, 0.15) is 23.1 Å². The maximum Gasteiger partial charge on any atom is 0.291 e. The number of nitrogens with one attached hydrogen (secondary N) is 1. The summed E-state index contributed by atoms with van der Waals surface area (Å²) in [5.41, 5.74) is 1.87. The van der Waals surface area contributed by atoms with Crippen molar-refractivity contribution in [2.24, 2.45) is 7.05 Å². The molecule has 1 atom stereocenters. The average Bonchev–Trinajstić information content (AvgIpc) is 3.15. The molecule has 0 aliphatic rings. The number of nitrogens with zero attached hydrogens (tertiary/aromatic N) is 3. The summed E-state index contributed by atoms with van der Waals surface area (Å²) in [6.45, 7) is 2.20. The van der Waals surface area contributed by atoms with E-state index >= 15 is 0 Å². The van der Waals surface area contributed by atoms with E-state index in [0.29, 0.717) is 23.4 Å². The van der Waals surface area contributed by atoms with Gasteiger partial charge in [-0.2, -0.15) is 5.10 Å². The third kappa shape index (κ3) is 3.57. The Labute approximate surface area is 185 Å². The fraction of sp³-hybridized carbons (Fsp3) is 0.292. The zero-order valence-electron chi connectivity index (χ0n) is 18.6. The Hall–Kier alpha value is -3.81. The van der Waals surface area contributed by atoms with Crippen LogP contribution in [0.5, 0.6) is 11.5 Å². The van der Waals surface area contributed by atoms with Crippen molar-refractivity contribution in [1.29, 1.82) is 0 Å². The number of aromatic nitrogens is 3. The first-order valence-electron chi connectivity index (χ1n) is 10.4. The lowest BCUT2D eigenvalue weighted by Gasteiger charge is -2.20. The summed E-state index contributed by atoms with van der Waals surface area (Å²) in [5, 5.41) is 8.82. The molecule has 8 nitrogen and oxygen atoms in total. The second-order valence-electron chi connectivity index (χ2n) is 7.54. The van der Waals surface area contributed by atoms with E-state index in [1.54, 1.807) is 39.6 Å². The summed E-state index contributed by atoms with van der Waals surface area (Å²) in [4.78, 5) is 26.4. The smallest absolute Gasteiger partial charge is 0.291 e. The maximum absolute atomic E-state index is 13.4. The SMILES string of the molecule is CCC(C(=O)NCc1cc(OC)ccc1OC)n1c2ccccc2c2cnn(C)c(=O)c21. The standard InChI is InChI=1S/C24H26N4O4/c1-5-19(23(29)25-13-15-12-16(31-3)10-11-21(15)32-4)28-20-9-7-6-8-17(20)18-14-26-27(2)24(30)22(18)28/h6-12,14,19H,5,13H2,1-4H3,(H,25,29). The van der Waals surface area contributed by atoms with Crippen LogP contribution >= 0.6 is 0 Å². The van der Waals surface area contributed by atoms with E-state index < -0.39 is 6.04 Å². The van der Waals surface area contributed by atoms with Crippen LogP contribution in [0.15, 0.2) is 53.5 Å². The first kappa shape index (κ1) is 21.4. The number of ether oxygens (including phenoxy) is 2. The van der Waals surface area contributed by atoms with Crippen molar-refractivity contribution in [1.82, 2.24) is 19.7 Å². The molecule has 0 radical (unpaired) electrons. The van der Waals surface area contributed by atoms with E-state index in [-0.39, 0.29) is 18.0 Å². The van der Waals surface area contributed by atoms with Crippen molar-refractivity contribution >= 4 is 27.7 Å². The molecule has 32 heavy (non-hydrogen) atoms. The molecule has 2 aromatic carbocycles. The Morgan fingerprint density at radius 1 is 1.12 bits per heavy atom. The minimum atomic E-state index is -0.566. The number of carbonyl (C=O) groups is 1. The van der Waals surface area contributed by atoms with Gasteiger partial charge in [0.05, 0.1) is 25.9 Å². The molecular formula is C24H26N4O4. The molecule has 1 amide bonds. The lowest BCUT2D eigenvalue weighted by atomic mass is 10.1. The number of rotatable bonds is 7. The lowest BCUT2D eigenvalue weighted by Crippen LogP contribution is -2.33. The topological polar surface area (TPSA) is 87.4 Å². The van der Waals surface area contributed by atoms with Crippen LogP contribution < -0.4 is 20.3 Å². The largest absolute Gasteiger partial charge is 0.497 e. The fourth-order valence-electron chi connectivity index (χ4n) is 4.12. The monoisotopic (exact) mass is 434 g/mol. The first-order chi connectivity index (χ1) is 15.5. The van der Waals surface area contributed by atoms with Gasteiger partial charge in [-0.25, -0.2) is 4.68 Å². The summed E-state index contributed by atoms with van der Waals surface area (Å²) in [7, 11) is 4.79. The number of fused-ring (bicyclic) bond motifs is 3. The Balaban J connectivity index is 1.75. The van der Waals surface area contributed by atoms with Crippen molar-refractivity contribution in [3.05, 3.63) is 64.6 Å².